The SMILES string of the molecule is CCOC(C)(CC)c1nc(C2CC2)c(CNC(C)C)s1. The smallest absolute Gasteiger partial charge is 0.125 e. The molecule has 1 saturated carbocycles. The van der Waals surface area contributed by atoms with Crippen LogP contribution in [0.4, 0.5) is 0 Å². The quantitative estimate of drug-likeness (QED) is 0.781. The highest BCUT2D eigenvalue weighted by molar-refractivity contribution is 7.11. The van der Waals surface area contributed by atoms with Crippen molar-refractivity contribution in [1.82, 2.24) is 10.3 Å². The van der Waals surface area contributed by atoms with Gasteiger partial charge in [-0.2, -0.15) is 0 Å². The molecule has 1 aliphatic rings. The van der Waals surface area contributed by atoms with Crippen LogP contribution in [0, 0.1) is 0 Å². The van der Waals surface area contributed by atoms with E-state index in [0.717, 1.165) is 24.6 Å². The summed E-state index contributed by atoms with van der Waals surface area (Å²) in [5, 5.41) is 4.69. The summed E-state index contributed by atoms with van der Waals surface area (Å²) in [6.45, 7) is 12.5. The third-order valence-electron chi connectivity index (χ3n) is 3.95. The molecule has 0 saturated heterocycles. The normalized spacial score (nSPS) is 18.5. The molecule has 1 heterocycles. The lowest BCUT2D eigenvalue weighted by Crippen LogP contribution is -2.24. The molecule has 0 aromatic carbocycles. The topological polar surface area (TPSA) is 34.1 Å². The molecule has 4 heteroatoms. The summed E-state index contributed by atoms with van der Waals surface area (Å²) in [6, 6.07) is 0.511. The van der Waals surface area contributed by atoms with Crippen LogP contribution >= 0.6 is 11.3 Å². The van der Waals surface area contributed by atoms with Gasteiger partial charge in [-0.15, -0.1) is 11.3 Å². The minimum absolute atomic E-state index is 0.223. The van der Waals surface area contributed by atoms with Gasteiger partial charge in [-0.05, 0) is 33.1 Å². The molecule has 0 bridgehead atoms. The summed E-state index contributed by atoms with van der Waals surface area (Å²) in [5.41, 5.74) is 1.11. The molecule has 2 rings (SSSR count). The van der Waals surface area contributed by atoms with Gasteiger partial charge in [-0.1, -0.05) is 20.8 Å². The lowest BCUT2D eigenvalue weighted by atomic mass is 10.0. The van der Waals surface area contributed by atoms with Gasteiger partial charge in [0.2, 0.25) is 0 Å². The summed E-state index contributed by atoms with van der Waals surface area (Å²) in [4.78, 5) is 6.38. The molecule has 114 valence electrons. The van der Waals surface area contributed by atoms with Gasteiger partial charge in [0, 0.05) is 30.0 Å². The molecule has 1 aliphatic carbocycles. The van der Waals surface area contributed by atoms with Gasteiger partial charge < -0.3 is 10.1 Å². The van der Waals surface area contributed by atoms with Crippen LogP contribution in [-0.2, 0) is 16.9 Å². The Balaban J connectivity index is 2.23. The average Bonchev–Trinajstić information content (AvgIpc) is 3.16. The second-order valence-corrected chi connectivity index (χ2v) is 7.24. The fraction of sp³-hybridized carbons (Fsp3) is 0.812. The maximum Gasteiger partial charge on any atom is 0.125 e. The number of hydrogen-bond acceptors (Lipinski definition) is 4. The van der Waals surface area contributed by atoms with E-state index in [4.69, 9.17) is 9.72 Å². The number of thiazole rings is 1. The zero-order chi connectivity index (χ0) is 14.8. The second kappa shape index (κ2) is 6.54. The van der Waals surface area contributed by atoms with Gasteiger partial charge in [0.1, 0.15) is 10.6 Å². The third kappa shape index (κ3) is 3.60. The largest absolute Gasteiger partial charge is 0.368 e. The summed E-state index contributed by atoms with van der Waals surface area (Å²) in [6.07, 6.45) is 3.57. The Morgan fingerprint density at radius 3 is 2.60 bits per heavy atom. The Bertz CT molecular complexity index is 440. The molecular weight excluding hydrogens is 268 g/mol. The van der Waals surface area contributed by atoms with Crippen molar-refractivity contribution >= 4 is 11.3 Å². The highest BCUT2D eigenvalue weighted by Gasteiger charge is 2.34. The lowest BCUT2D eigenvalue weighted by molar-refractivity contribution is -0.0325. The Morgan fingerprint density at radius 1 is 1.40 bits per heavy atom. The fourth-order valence-electron chi connectivity index (χ4n) is 2.32. The molecule has 1 atom stereocenters. The van der Waals surface area contributed by atoms with Gasteiger partial charge in [-0.3, -0.25) is 0 Å². The molecule has 1 aromatic heterocycles. The molecule has 1 unspecified atom stereocenters. The van der Waals surface area contributed by atoms with Crippen molar-refractivity contribution in [3.05, 3.63) is 15.6 Å². The Labute approximate surface area is 127 Å². The predicted molar refractivity (Wildman–Crippen MR) is 85.3 cm³/mol. The number of nitrogens with zero attached hydrogens (tertiary/aromatic N) is 1. The van der Waals surface area contributed by atoms with Crippen LogP contribution in [-0.4, -0.2) is 17.6 Å². The van der Waals surface area contributed by atoms with E-state index in [2.05, 4.69) is 39.9 Å². The minimum atomic E-state index is -0.223. The number of hydrogen-bond donors (Lipinski definition) is 1. The molecule has 1 aromatic rings. The van der Waals surface area contributed by atoms with Gasteiger partial charge in [0.25, 0.3) is 0 Å². The molecule has 0 spiro atoms. The van der Waals surface area contributed by atoms with Gasteiger partial charge >= 0.3 is 0 Å². The van der Waals surface area contributed by atoms with Crippen molar-refractivity contribution in [2.24, 2.45) is 0 Å². The highest BCUT2D eigenvalue weighted by atomic mass is 32.1. The van der Waals surface area contributed by atoms with Gasteiger partial charge in [-0.25, -0.2) is 4.98 Å². The lowest BCUT2D eigenvalue weighted by Gasteiger charge is -2.25. The molecule has 20 heavy (non-hydrogen) atoms. The second-order valence-electron chi connectivity index (χ2n) is 6.15. The van der Waals surface area contributed by atoms with Crippen LogP contribution in [0.3, 0.4) is 0 Å². The van der Waals surface area contributed by atoms with Crippen LogP contribution in [0.2, 0.25) is 0 Å². The summed E-state index contributed by atoms with van der Waals surface area (Å²) >= 11 is 1.84. The predicted octanol–water partition coefficient (Wildman–Crippen LogP) is 4.18. The van der Waals surface area contributed by atoms with Crippen molar-refractivity contribution in [2.75, 3.05) is 6.61 Å². The molecule has 3 nitrogen and oxygen atoms in total. The van der Waals surface area contributed by atoms with E-state index in [0.29, 0.717) is 12.0 Å². The average molecular weight is 296 g/mol. The first-order chi connectivity index (χ1) is 9.50. The van der Waals surface area contributed by atoms with Gasteiger partial charge in [0.15, 0.2) is 0 Å². The first-order valence-corrected chi connectivity index (χ1v) is 8.69. The van der Waals surface area contributed by atoms with E-state index in [1.165, 1.54) is 23.4 Å². The van der Waals surface area contributed by atoms with Crippen LogP contribution in [0.1, 0.15) is 75.4 Å². The van der Waals surface area contributed by atoms with Gasteiger partial charge in [0.05, 0.1) is 5.69 Å². The minimum Gasteiger partial charge on any atom is -0.368 e. The van der Waals surface area contributed by atoms with E-state index in [1.54, 1.807) is 0 Å². The van der Waals surface area contributed by atoms with Crippen LogP contribution < -0.4 is 5.32 Å². The summed E-state index contributed by atoms with van der Waals surface area (Å²) in [5.74, 6) is 0.701. The van der Waals surface area contributed by atoms with Crippen molar-refractivity contribution in [2.45, 2.75) is 78.0 Å². The van der Waals surface area contributed by atoms with E-state index in [-0.39, 0.29) is 5.60 Å². The van der Waals surface area contributed by atoms with Crippen molar-refractivity contribution in [1.29, 1.82) is 0 Å². The maximum absolute atomic E-state index is 5.99. The highest BCUT2D eigenvalue weighted by Crippen LogP contribution is 2.45. The Hall–Kier alpha value is -0.450. The van der Waals surface area contributed by atoms with Crippen molar-refractivity contribution in [3.63, 3.8) is 0 Å². The molecule has 1 fully saturated rings. The molecule has 0 aliphatic heterocycles. The molecule has 0 radical (unpaired) electrons. The zero-order valence-corrected chi connectivity index (χ0v) is 14.3. The Morgan fingerprint density at radius 2 is 2.10 bits per heavy atom. The maximum atomic E-state index is 5.99. The van der Waals surface area contributed by atoms with Crippen LogP contribution in [0.5, 0.6) is 0 Å². The summed E-state index contributed by atoms with van der Waals surface area (Å²) < 4.78 is 5.99. The first-order valence-electron chi connectivity index (χ1n) is 7.87. The Kier molecular flexibility index (Phi) is 5.21. The van der Waals surface area contributed by atoms with Crippen molar-refractivity contribution < 1.29 is 4.74 Å². The van der Waals surface area contributed by atoms with Crippen LogP contribution in [0.25, 0.3) is 0 Å². The molecule has 0 amide bonds. The number of ether oxygens (including phenoxy) is 1. The zero-order valence-electron chi connectivity index (χ0n) is 13.5. The number of rotatable bonds is 8. The third-order valence-corrected chi connectivity index (χ3v) is 5.27. The van der Waals surface area contributed by atoms with Crippen LogP contribution in [0.15, 0.2) is 0 Å². The number of aromatic nitrogens is 1. The van der Waals surface area contributed by atoms with E-state index < -0.39 is 0 Å². The molecular formula is C16H28N2OS. The monoisotopic (exact) mass is 296 g/mol. The van der Waals surface area contributed by atoms with E-state index in [1.807, 2.05) is 11.3 Å². The first kappa shape index (κ1) is 15.9. The number of nitrogens with one attached hydrogen (secondary N) is 1. The molecule has 1 N–H and O–H groups in total. The van der Waals surface area contributed by atoms with E-state index >= 15 is 0 Å². The van der Waals surface area contributed by atoms with E-state index in [9.17, 15) is 0 Å². The summed E-state index contributed by atoms with van der Waals surface area (Å²) in [7, 11) is 0. The van der Waals surface area contributed by atoms with Crippen molar-refractivity contribution in [3.8, 4) is 0 Å². The fourth-order valence-corrected chi connectivity index (χ4v) is 3.59. The standard InChI is InChI=1S/C16H28N2OS/c1-6-16(5,19-7-2)15-18-14(12-8-9-12)13(20-15)10-17-11(3)4/h11-12,17H,6-10H2,1-5H3.